The molecule has 4 saturated heterocycles. The fraction of sp³-hybridized carbons (Fsp3) is 0.828. The zero-order valence-electron chi connectivity index (χ0n) is 30.2. The number of ether oxygens (including phenoxy) is 1. The number of rotatable bonds is 4. The average Bonchev–Trinajstić information content (AvgIpc) is 3.62. The minimum absolute atomic E-state index is 0.197. The molecule has 47 heavy (non-hydrogen) atoms. The number of aldehydes is 1. The van der Waals surface area contributed by atoms with Crippen LogP contribution >= 0.6 is 0 Å². The lowest BCUT2D eigenvalue weighted by atomic mass is 9.49. The van der Waals surface area contributed by atoms with Crippen LogP contribution in [0.15, 0.2) is 25.4 Å². The summed E-state index contributed by atoms with van der Waals surface area (Å²) >= 11 is 0. The van der Waals surface area contributed by atoms with E-state index in [-0.39, 0.29) is 47.0 Å². The van der Waals surface area contributed by atoms with Gasteiger partial charge in [-0.25, -0.2) is 0 Å². The van der Waals surface area contributed by atoms with Gasteiger partial charge in [0.05, 0.1) is 39.9 Å². The number of hydrogen-bond acceptors (Lipinski definition) is 11. The summed E-state index contributed by atoms with van der Waals surface area (Å²) in [6, 6.07) is 0. The lowest BCUT2D eigenvalue weighted by Crippen LogP contribution is -2.41. The molecule has 272 valence electrons. The van der Waals surface area contributed by atoms with Crippen LogP contribution in [-0.4, -0.2) is 88.2 Å². The summed E-state index contributed by atoms with van der Waals surface area (Å²) in [5.74, 6) is 1.68. The van der Waals surface area contributed by atoms with Crippen molar-refractivity contribution in [1.82, 2.24) is 0 Å². The van der Waals surface area contributed by atoms with Gasteiger partial charge in [-0.15, -0.1) is 6.58 Å². The van der Waals surface area contributed by atoms with Gasteiger partial charge in [0.2, 0.25) is 0 Å². The second kappa shape index (κ2) is 17.0. The van der Waals surface area contributed by atoms with Gasteiger partial charge in [-0.05, 0) is 103 Å². The molecule has 0 amide bonds. The van der Waals surface area contributed by atoms with Gasteiger partial charge in [-0.3, -0.25) is 0 Å². The summed E-state index contributed by atoms with van der Waals surface area (Å²) in [5.41, 5.74) is -7.27. The first kappa shape index (κ1) is 45.6. The fourth-order valence-electron chi connectivity index (χ4n) is 3.64. The molecule has 4 aliphatic rings. The van der Waals surface area contributed by atoms with Gasteiger partial charge in [-0.1, -0.05) is 12.6 Å². The quantitative estimate of drug-likeness (QED) is 0.112. The molecule has 0 aliphatic carbocycles. The summed E-state index contributed by atoms with van der Waals surface area (Å²) in [4.78, 5) is 8.81. The molecule has 4 rings (SSSR count). The molecule has 11 nitrogen and oxygen atoms in total. The molecule has 0 unspecified atom stereocenters. The number of carbonyl (C=O) groups excluding carboxylic acids is 1. The van der Waals surface area contributed by atoms with Gasteiger partial charge in [-0.2, -0.15) is 21.6 Å². The van der Waals surface area contributed by atoms with Gasteiger partial charge in [0, 0.05) is 13.2 Å². The zero-order chi connectivity index (χ0) is 37.3. The average molecular weight is 700 g/mol. The van der Waals surface area contributed by atoms with Crippen molar-refractivity contribution in [1.29, 1.82) is 0 Å². The molecule has 0 atom stereocenters. The van der Waals surface area contributed by atoms with E-state index in [2.05, 4.69) is 17.3 Å². The molecule has 0 spiro atoms. The first-order valence-corrected chi connectivity index (χ1v) is 16.7. The Labute approximate surface area is 281 Å². The van der Waals surface area contributed by atoms with Crippen molar-refractivity contribution in [2.75, 3.05) is 13.2 Å². The fourth-order valence-corrected chi connectivity index (χ4v) is 3.93. The molecule has 0 aromatic carbocycles. The highest BCUT2D eigenvalue weighted by atomic mass is 32.2. The van der Waals surface area contributed by atoms with Crippen LogP contribution in [-0.2, 0) is 51.8 Å². The maximum atomic E-state index is 11.3. The van der Waals surface area contributed by atoms with Gasteiger partial charge < -0.3 is 41.6 Å². The van der Waals surface area contributed by atoms with E-state index in [9.17, 15) is 21.6 Å². The molecule has 0 bridgehead atoms. The van der Waals surface area contributed by atoms with E-state index < -0.39 is 29.6 Å². The van der Waals surface area contributed by atoms with E-state index in [0.717, 1.165) is 19.5 Å². The first-order chi connectivity index (χ1) is 21.0. The molecule has 4 aliphatic heterocycles. The third kappa shape index (κ3) is 12.8. The van der Waals surface area contributed by atoms with Crippen LogP contribution in [0.2, 0.25) is 0 Å². The summed E-state index contributed by atoms with van der Waals surface area (Å²) in [7, 11) is -6.67. The molecular formula is C29H54B3F3O11S. The van der Waals surface area contributed by atoms with Crippen LogP contribution in [0, 0.1) is 0 Å². The van der Waals surface area contributed by atoms with Crippen molar-refractivity contribution >= 4 is 37.5 Å². The number of hydrogen-bond donors (Lipinski definition) is 0. The van der Waals surface area contributed by atoms with Crippen molar-refractivity contribution in [3.8, 4) is 0 Å². The highest BCUT2D eigenvalue weighted by Crippen LogP contribution is 2.43. The Balaban J connectivity index is 0.000000629. The van der Waals surface area contributed by atoms with Gasteiger partial charge in [0.15, 0.2) is 0 Å². The molecule has 0 aromatic heterocycles. The van der Waals surface area contributed by atoms with Crippen molar-refractivity contribution in [3.63, 3.8) is 0 Å². The predicted octanol–water partition coefficient (Wildman–Crippen LogP) is 6.05. The second-order valence-corrected chi connectivity index (χ2v) is 15.4. The van der Waals surface area contributed by atoms with E-state index >= 15 is 0 Å². The predicted molar refractivity (Wildman–Crippen MR) is 176 cm³/mol. The Morgan fingerprint density at radius 1 is 0.660 bits per heavy atom. The Morgan fingerprint density at radius 3 is 1.09 bits per heavy atom. The Bertz CT molecular complexity index is 1030. The van der Waals surface area contributed by atoms with Crippen LogP contribution < -0.4 is 0 Å². The van der Waals surface area contributed by atoms with E-state index in [1.807, 2.05) is 83.1 Å². The summed E-state index contributed by atoms with van der Waals surface area (Å²) < 4.78 is 96.6. The lowest BCUT2D eigenvalue weighted by Gasteiger charge is -2.32. The van der Waals surface area contributed by atoms with Crippen molar-refractivity contribution in [2.45, 2.75) is 142 Å². The molecule has 0 N–H and O–H groups in total. The van der Waals surface area contributed by atoms with Crippen LogP contribution in [0.1, 0.15) is 103 Å². The van der Waals surface area contributed by atoms with Crippen molar-refractivity contribution < 1.29 is 63.2 Å². The van der Waals surface area contributed by atoms with E-state index in [4.69, 9.17) is 37.5 Å². The van der Waals surface area contributed by atoms with E-state index in [0.29, 0.717) is 0 Å². The highest BCUT2D eigenvalue weighted by Gasteiger charge is 2.63. The van der Waals surface area contributed by atoms with E-state index in [1.54, 1.807) is 5.98 Å². The van der Waals surface area contributed by atoms with Gasteiger partial charge in [0.25, 0.3) is 0 Å². The van der Waals surface area contributed by atoms with Crippen LogP contribution in [0.3, 0.4) is 0 Å². The molecule has 0 aromatic rings. The van der Waals surface area contributed by atoms with Crippen molar-refractivity contribution in [2.24, 2.45) is 0 Å². The summed E-state index contributed by atoms with van der Waals surface area (Å²) in [6.45, 7) is 34.0. The maximum absolute atomic E-state index is 11.3. The van der Waals surface area contributed by atoms with Crippen LogP contribution in [0.25, 0.3) is 0 Å². The standard InChI is InChI=1S/C12H24B2O4.C8H15BO2.C4H8O.C3H3F3O3S.C2H4O/c1-9(2)10(3,4)16-13(15-9)14-17-11(5,6)12(7,8)18-14;1-6-9-10-7(2,3)8(4,5)11-9;1-2-4-5-3-1;1-2-9-10(7,8)3(4,5)6;1-2-3/h1-8H3;6H,1H2,2-5H3;1-4H2;2H,1H2;2H,1H3. The number of carbonyl (C=O) groups is 1. The minimum atomic E-state index is -5.47. The van der Waals surface area contributed by atoms with Crippen molar-refractivity contribution in [3.05, 3.63) is 25.4 Å². The molecule has 0 radical (unpaired) electrons. The normalized spacial score (nSPS) is 24.1. The monoisotopic (exact) mass is 700 g/mol. The van der Waals surface area contributed by atoms with E-state index in [1.165, 1.54) is 19.8 Å². The first-order valence-electron chi connectivity index (χ1n) is 15.3. The number of alkyl halides is 3. The largest absolute Gasteiger partial charge is 0.534 e. The Morgan fingerprint density at radius 2 is 0.936 bits per heavy atom. The van der Waals surface area contributed by atoms with Gasteiger partial charge >= 0.3 is 36.8 Å². The number of halogens is 3. The molecule has 4 heterocycles. The molecule has 18 heteroatoms. The smallest absolute Gasteiger partial charge is 0.405 e. The summed E-state index contributed by atoms with van der Waals surface area (Å²) in [5, 5.41) is 0. The molecule has 0 saturated carbocycles. The summed E-state index contributed by atoms with van der Waals surface area (Å²) in [6.07, 6.45) is 3.50. The van der Waals surface area contributed by atoms with Crippen LogP contribution in [0.4, 0.5) is 13.2 Å². The topological polar surface area (TPSA) is 125 Å². The third-order valence-electron chi connectivity index (χ3n) is 8.53. The highest BCUT2D eigenvalue weighted by molar-refractivity contribution is 7.87. The minimum Gasteiger partial charge on any atom is -0.405 e. The SMILES string of the molecule is C1CCOC1.C=CB1OC(C)(C)C(C)(C)O1.C=COS(=O)(=O)C(F)(F)F.CC1(C)OB(B2OC(C)(C)C(C)(C)O2)OC1(C)C.CC=O. The zero-order valence-corrected chi connectivity index (χ0v) is 31.1. The lowest BCUT2D eigenvalue weighted by molar-refractivity contribution is -0.106. The Kier molecular flexibility index (Phi) is 16.5. The molecular weight excluding hydrogens is 646 g/mol. The van der Waals surface area contributed by atoms with Crippen LogP contribution in [0.5, 0.6) is 0 Å². The second-order valence-electron chi connectivity index (χ2n) is 13.8. The maximum Gasteiger partial charge on any atom is 0.534 e. The third-order valence-corrected chi connectivity index (χ3v) is 9.49. The molecule has 4 fully saturated rings. The Hall–Kier alpha value is -1.40. The van der Waals surface area contributed by atoms with Gasteiger partial charge in [0.1, 0.15) is 6.29 Å².